The minimum atomic E-state index is -0.868. The highest BCUT2D eigenvalue weighted by atomic mass is 32.2. The Kier molecular flexibility index (Phi) is 4.70. The van der Waals surface area contributed by atoms with E-state index in [0.717, 1.165) is 0 Å². The van der Waals surface area contributed by atoms with E-state index in [1.807, 2.05) is 0 Å². The van der Waals surface area contributed by atoms with Crippen molar-refractivity contribution in [1.82, 2.24) is 4.90 Å². The summed E-state index contributed by atoms with van der Waals surface area (Å²) < 4.78 is 0.475. The summed E-state index contributed by atoms with van der Waals surface area (Å²) in [6.07, 6.45) is 3.58. The van der Waals surface area contributed by atoms with Crippen molar-refractivity contribution < 1.29 is 14.7 Å². The molecule has 1 saturated heterocycles. The third kappa shape index (κ3) is 3.18. The SMILES string of the molecule is C=C/C=C1\SC(=S)N(CCCC(=O)O)C1=O. The molecule has 86 valence electrons. The summed E-state index contributed by atoms with van der Waals surface area (Å²) in [7, 11) is 0. The van der Waals surface area contributed by atoms with E-state index in [1.165, 1.54) is 22.7 Å². The summed E-state index contributed by atoms with van der Waals surface area (Å²) >= 11 is 6.25. The fourth-order valence-corrected chi connectivity index (χ4v) is 2.48. The van der Waals surface area contributed by atoms with Crippen LogP contribution >= 0.6 is 24.0 Å². The van der Waals surface area contributed by atoms with Gasteiger partial charge in [-0.3, -0.25) is 14.5 Å². The predicted molar refractivity (Wildman–Crippen MR) is 67.1 cm³/mol. The number of carbonyl (C=O) groups is 2. The Morgan fingerprint density at radius 1 is 1.62 bits per heavy atom. The maximum atomic E-state index is 11.7. The van der Waals surface area contributed by atoms with Gasteiger partial charge in [-0.25, -0.2) is 0 Å². The third-order valence-corrected chi connectivity index (χ3v) is 3.31. The van der Waals surface area contributed by atoms with Crippen LogP contribution in [-0.2, 0) is 9.59 Å². The van der Waals surface area contributed by atoms with Crippen molar-refractivity contribution in [2.45, 2.75) is 12.8 Å². The van der Waals surface area contributed by atoms with Gasteiger partial charge in [-0.2, -0.15) is 0 Å². The van der Waals surface area contributed by atoms with Gasteiger partial charge in [-0.15, -0.1) is 0 Å². The highest BCUT2D eigenvalue weighted by Crippen LogP contribution is 2.30. The fraction of sp³-hybridized carbons (Fsp3) is 0.300. The molecule has 6 heteroatoms. The number of hydrogen-bond acceptors (Lipinski definition) is 4. The van der Waals surface area contributed by atoms with Crippen LogP contribution in [0.2, 0.25) is 0 Å². The van der Waals surface area contributed by atoms with Gasteiger partial charge in [0.2, 0.25) is 0 Å². The van der Waals surface area contributed by atoms with Crippen LogP contribution in [0, 0.1) is 0 Å². The highest BCUT2D eigenvalue weighted by Gasteiger charge is 2.30. The van der Waals surface area contributed by atoms with Gasteiger partial charge >= 0.3 is 5.97 Å². The van der Waals surface area contributed by atoms with Crippen molar-refractivity contribution in [2.24, 2.45) is 0 Å². The molecule has 0 bridgehead atoms. The summed E-state index contributed by atoms with van der Waals surface area (Å²) in [6.45, 7) is 3.87. The number of aliphatic carboxylic acids is 1. The predicted octanol–water partition coefficient (Wildman–Crippen LogP) is 1.78. The van der Waals surface area contributed by atoms with Gasteiger partial charge in [-0.1, -0.05) is 36.6 Å². The van der Waals surface area contributed by atoms with Gasteiger partial charge in [0, 0.05) is 13.0 Å². The molecule has 0 spiro atoms. The Bertz CT molecular complexity index is 376. The standard InChI is InChI=1S/C10H11NO3S2/c1-2-4-7-9(14)11(10(15)16-7)6-3-5-8(12)13/h2,4H,1,3,5-6H2,(H,12,13)/b7-4-. The molecule has 1 amide bonds. The Labute approximate surface area is 103 Å². The number of nitrogens with zero attached hydrogens (tertiary/aromatic N) is 1. The summed E-state index contributed by atoms with van der Waals surface area (Å²) in [5, 5.41) is 8.49. The average Bonchev–Trinajstić information content (AvgIpc) is 2.45. The normalized spacial score (nSPS) is 18.2. The lowest BCUT2D eigenvalue weighted by Crippen LogP contribution is -2.29. The van der Waals surface area contributed by atoms with Crippen molar-refractivity contribution in [3.05, 3.63) is 23.6 Å². The molecule has 0 aliphatic carbocycles. The molecule has 16 heavy (non-hydrogen) atoms. The van der Waals surface area contributed by atoms with E-state index in [1.54, 1.807) is 6.08 Å². The quantitative estimate of drug-likeness (QED) is 0.601. The Balaban J connectivity index is 2.58. The molecule has 0 radical (unpaired) electrons. The second-order valence-corrected chi connectivity index (χ2v) is 4.76. The first-order chi connectivity index (χ1) is 7.56. The molecule has 0 aromatic rings. The number of carboxylic acids is 1. The van der Waals surface area contributed by atoms with Crippen molar-refractivity contribution in [1.29, 1.82) is 0 Å². The van der Waals surface area contributed by atoms with Gasteiger partial charge in [0.1, 0.15) is 4.32 Å². The lowest BCUT2D eigenvalue weighted by atomic mass is 10.3. The highest BCUT2D eigenvalue weighted by molar-refractivity contribution is 8.26. The van der Waals surface area contributed by atoms with Crippen LogP contribution in [0.25, 0.3) is 0 Å². The number of thioether (sulfide) groups is 1. The molecule has 4 nitrogen and oxygen atoms in total. The van der Waals surface area contributed by atoms with E-state index in [4.69, 9.17) is 17.3 Å². The van der Waals surface area contributed by atoms with E-state index in [9.17, 15) is 9.59 Å². The Morgan fingerprint density at radius 3 is 2.88 bits per heavy atom. The van der Waals surface area contributed by atoms with Crippen LogP contribution in [0.4, 0.5) is 0 Å². The zero-order chi connectivity index (χ0) is 12.1. The van der Waals surface area contributed by atoms with Gasteiger partial charge in [0.25, 0.3) is 5.91 Å². The Morgan fingerprint density at radius 2 is 2.31 bits per heavy atom. The molecular formula is C10H11NO3S2. The van der Waals surface area contributed by atoms with Crippen LogP contribution in [0.3, 0.4) is 0 Å². The number of rotatable bonds is 5. The molecule has 1 aliphatic heterocycles. The molecule has 0 aromatic carbocycles. The van der Waals surface area contributed by atoms with E-state index in [2.05, 4.69) is 6.58 Å². The van der Waals surface area contributed by atoms with Crippen molar-refractivity contribution in [3.8, 4) is 0 Å². The zero-order valence-electron chi connectivity index (χ0n) is 8.51. The monoisotopic (exact) mass is 257 g/mol. The fourth-order valence-electron chi connectivity index (χ4n) is 1.20. The molecule has 0 aromatic heterocycles. The van der Waals surface area contributed by atoms with E-state index in [-0.39, 0.29) is 12.3 Å². The number of thiocarbonyl (C=S) groups is 1. The van der Waals surface area contributed by atoms with Crippen LogP contribution in [-0.4, -0.2) is 32.7 Å². The molecule has 1 fully saturated rings. The van der Waals surface area contributed by atoms with Gasteiger partial charge in [0.05, 0.1) is 4.91 Å². The van der Waals surface area contributed by atoms with Gasteiger partial charge < -0.3 is 5.11 Å². The lowest BCUT2D eigenvalue weighted by molar-refractivity contribution is -0.137. The maximum Gasteiger partial charge on any atom is 0.303 e. The van der Waals surface area contributed by atoms with Crippen LogP contribution in [0.5, 0.6) is 0 Å². The third-order valence-electron chi connectivity index (χ3n) is 1.92. The topological polar surface area (TPSA) is 57.6 Å². The lowest BCUT2D eigenvalue weighted by Gasteiger charge is -2.12. The molecule has 0 unspecified atom stereocenters. The number of carboxylic acid groups (broad SMARTS) is 1. The Hall–Kier alpha value is -1.14. The molecule has 1 N–H and O–H groups in total. The molecule has 0 saturated carbocycles. The number of amides is 1. The number of allylic oxidation sites excluding steroid dienone is 2. The van der Waals surface area contributed by atoms with E-state index >= 15 is 0 Å². The van der Waals surface area contributed by atoms with Crippen molar-refractivity contribution in [2.75, 3.05) is 6.54 Å². The summed E-state index contributed by atoms with van der Waals surface area (Å²) in [5.41, 5.74) is 0. The van der Waals surface area contributed by atoms with Crippen LogP contribution in [0.15, 0.2) is 23.6 Å². The summed E-state index contributed by atoms with van der Waals surface area (Å²) in [5.74, 6) is -1.03. The summed E-state index contributed by atoms with van der Waals surface area (Å²) in [6, 6.07) is 0. The molecule has 1 heterocycles. The second-order valence-electron chi connectivity index (χ2n) is 3.09. The average molecular weight is 257 g/mol. The van der Waals surface area contributed by atoms with Crippen LogP contribution < -0.4 is 0 Å². The summed E-state index contributed by atoms with van der Waals surface area (Å²) in [4.78, 5) is 24.0. The minimum absolute atomic E-state index is 0.0393. The van der Waals surface area contributed by atoms with Gasteiger partial charge in [-0.05, 0) is 12.5 Å². The molecule has 1 aliphatic rings. The number of hydrogen-bond donors (Lipinski definition) is 1. The van der Waals surface area contributed by atoms with E-state index in [0.29, 0.717) is 22.2 Å². The number of carbonyl (C=O) groups excluding carboxylic acids is 1. The molecule has 0 atom stereocenters. The van der Waals surface area contributed by atoms with Crippen molar-refractivity contribution >= 4 is 40.2 Å². The molecular weight excluding hydrogens is 246 g/mol. The minimum Gasteiger partial charge on any atom is -0.481 e. The van der Waals surface area contributed by atoms with Gasteiger partial charge in [0.15, 0.2) is 0 Å². The van der Waals surface area contributed by atoms with E-state index < -0.39 is 5.97 Å². The molecule has 1 rings (SSSR count). The van der Waals surface area contributed by atoms with Crippen LogP contribution in [0.1, 0.15) is 12.8 Å². The second kappa shape index (κ2) is 5.81. The first-order valence-corrected chi connectivity index (χ1v) is 5.87. The maximum absolute atomic E-state index is 11.7. The largest absolute Gasteiger partial charge is 0.481 e. The first kappa shape index (κ1) is 12.9. The zero-order valence-corrected chi connectivity index (χ0v) is 10.1. The first-order valence-electron chi connectivity index (χ1n) is 4.64. The smallest absolute Gasteiger partial charge is 0.303 e. The van der Waals surface area contributed by atoms with Crippen molar-refractivity contribution in [3.63, 3.8) is 0 Å².